The largest absolute Gasteiger partial charge is 0.382 e. The van der Waals surface area contributed by atoms with Crippen molar-refractivity contribution < 1.29 is 9.53 Å². The van der Waals surface area contributed by atoms with Gasteiger partial charge in [-0.25, -0.2) is 4.98 Å². The molecule has 0 saturated carbocycles. The lowest BCUT2D eigenvalue weighted by Crippen LogP contribution is -2.16. The standard InChI is InChI=1S/C19H20BrN3O2/c1-2-25-12-6-11-23-17-10-4-3-9-16(17)21-19(23)22-18(24)14-7-5-8-15(20)13-14/h3-5,7-10,13H,2,6,11-12H2,1H3,(H,21,22,24). The van der Waals surface area contributed by atoms with Crippen LogP contribution in [0.1, 0.15) is 23.7 Å². The summed E-state index contributed by atoms with van der Waals surface area (Å²) in [5.41, 5.74) is 2.45. The minimum atomic E-state index is -0.178. The molecule has 3 rings (SSSR count). The van der Waals surface area contributed by atoms with E-state index in [9.17, 15) is 4.79 Å². The average molecular weight is 402 g/mol. The highest BCUT2D eigenvalue weighted by Crippen LogP contribution is 2.21. The summed E-state index contributed by atoms with van der Waals surface area (Å²) in [4.78, 5) is 17.1. The summed E-state index contributed by atoms with van der Waals surface area (Å²) in [6.07, 6.45) is 0.855. The summed E-state index contributed by atoms with van der Waals surface area (Å²) in [5.74, 6) is 0.380. The Balaban J connectivity index is 1.85. The number of nitrogens with zero attached hydrogens (tertiary/aromatic N) is 2. The number of para-hydroxylation sites is 2. The third-order valence-electron chi connectivity index (χ3n) is 3.84. The maximum atomic E-state index is 12.6. The molecule has 3 aromatic rings. The number of amides is 1. The van der Waals surface area contributed by atoms with Gasteiger partial charge in [-0.05, 0) is 43.7 Å². The van der Waals surface area contributed by atoms with E-state index in [2.05, 4.69) is 26.2 Å². The molecule has 0 fully saturated rings. The van der Waals surface area contributed by atoms with Crippen LogP contribution in [0.15, 0.2) is 53.0 Å². The van der Waals surface area contributed by atoms with Crippen molar-refractivity contribution in [2.75, 3.05) is 18.5 Å². The summed E-state index contributed by atoms with van der Waals surface area (Å²) < 4.78 is 8.32. The Morgan fingerprint density at radius 3 is 2.88 bits per heavy atom. The molecule has 0 spiro atoms. The first kappa shape index (κ1) is 17.6. The van der Waals surface area contributed by atoms with Gasteiger partial charge in [0.15, 0.2) is 0 Å². The predicted molar refractivity (Wildman–Crippen MR) is 103 cm³/mol. The Morgan fingerprint density at radius 2 is 2.08 bits per heavy atom. The number of imidazole rings is 1. The second-order valence-corrected chi connectivity index (χ2v) is 6.51. The van der Waals surface area contributed by atoms with E-state index in [4.69, 9.17) is 4.74 Å². The smallest absolute Gasteiger partial charge is 0.258 e. The SMILES string of the molecule is CCOCCCn1c(NC(=O)c2cccc(Br)c2)nc2ccccc21. The molecule has 0 bridgehead atoms. The zero-order valence-corrected chi connectivity index (χ0v) is 15.6. The van der Waals surface area contributed by atoms with E-state index in [-0.39, 0.29) is 5.91 Å². The number of fused-ring (bicyclic) bond motifs is 1. The quantitative estimate of drug-likeness (QED) is 0.593. The Morgan fingerprint density at radius 1 is 1.24 bits per heavy atom. The van der Waals surface area contributed by atoms with Gasteiger partial charge in [0.2, 0.25) is 5.95 Å². The van der Waals surface area contributed by atoms with Crippen LogP contribution in [0.5, 0.6) is 0 Å². The van der Waals surface area contributed by atoms with Crippen LogP contribution in [0.3, 0.4) is 0 Å². The topological polar surface area (TPSA) is 56.1 Å². The van der Waals surface area contributed by atoms with Crippen molar-refractivity contribution in [2.45, 2.75) is 19.9 Å². The lowest BCUT2D eigenvalue weighted by atomic mass is 10.2. The Labute approximate surface area is 155 Å². The third kappa shape index (κ3) is 4.27. The Hall–Kier alpha value is -2.18. The third-order valence-corrected chi connectivity index (χ3v) is 4.33. The molecule has 0 radical (unpaired) electrons. The van der Waals surface area contributed by atoms with Crippen molar-refractivity contribution in [3.63, 3.8) is 0 Å². The number of nitrogens with one attached hydrogen (secondary N) is 1. The number of anilines is 1. The normalized spacial score (nSPS) is 11.0. The second kappa shape index (κ2) is 8.27. The van der Waals surface area contributed by atoms with Crippen molar-refractivity contribution in [3.05, 3.63) is 58.6 Å². The second-order valence-electron chi connectivity index (χ2n) is 5.59. The van der Waals surface area contributed by atoms with Gasteiger partial charge >= 0.3 is 0 Å². The van der Waals surface area contributed by atoms with Crippen LogP contribution in [0.4, 0.5) is 5.95 Å². The van der Waals surface area contributed by atoms with Crippen LogP contribution < -0.4 is 5.32 Å². The molecular formula is C19H20BrN3O2. The fourth-order valence-corrected chi connectivity index (χ4v) is 3.07. The van der Waals surface area contributed by atoms with Gasteiger partial charge in [-0.1, -0.05) is 34.1 Å². The van der Waals surface area contributed by atoms with Gasteiger partial charge in [0.1, 0.15) is 0 Å². The van der Waals surface area contributed by atoms with Crippen LogP contribution in [0.25, 0.3) is 11.0 Å². The van der Waals surface area contributed by atoms with E-state index in [0.29, 0.717) is 24.7 Å². The fourth-order valence-electron chi connectivity index (χ4n) is 2.67. The average Bonchev–Trinajstić information content (AvgIpc) is 2.96. The number of hydrogen-bond acceptors (Lipinski definition) is 3. The fraction of sp³-hybridized carbons (Fsp3) is 0.263. The van der Waals surface area contributed by atoms with Gasteiger partial charge < -0.3 is 9.30 Å². The van der Waals surface area contributed by atoms with Crippen LogP contribution >= 0.6 is 15.9 Å². The van der Waals surface area contributed by atoms with Gasteiger partial charge in [-0.15, -0.1) is 0 Å². The first-order valence-electron chi connectivity index (χ1n) is 8.29. The summed E-state index contributed by atoms with van der Waals surface area (Å²) >= 11 is 3.39. The van der Waals surface area contributed by atoms with Gasteiger partial charge in [0.25, 0.3) is 5.91 Å². The highest BCUT2D eigenvalue weighted by molar-refractivity contribution is 9.10. The zero-order valence-electron chi connectivity index (χ0n) is 14.0. The number of rotatable bonds is 7. The lowest BCUT2D eigenvalue weighted by molar-refractivity contribution is 0.102. The van der Waals surface area contributed by atoms with Gasteiger partial charge in [-0.2, -0.15) is 0 Å². The van der Waals surface area contributed by atoms with Crippen molar-refractivity contribution in [2.24, 2.45) is 0 Å². The summed E-state index contributed by atoms with van der Waals surface area (Å²) in [7, 11) is 0. The molecule has 0 atom stereocenters. The van der Waals surface area contributed by atoms with E-state index in [0.717, 1.165) is 28.5 Å². The minimum Gasteiger partial charge on any atom is -0.382 e. The van der Waals surface area contributed by atoms with Crippen LogP contribution in [-0.2, 0) is 11.3 Å². The first-order chi connectivity index (χ1) is 12.2. The Kier molecular flexibility index (Phi) is 5.83. The number of halogens is 1. The lowest BCUT2D eigenvalue weighted by Gasteiger charge is -2.10. The molecule has 0 saturated heterocycles. The van der Waals surface area contributed by atoms with Crippen LogP contribution in [-0.4, -0.2) is 28.7 Å². The highest BCUT2D eigenvalue weighted by Gasteiger charge is 2.14. The summed E-state index contributed by atoms with van der Waals surface area (Å²) in [6, 6.07) is 15.2. The zero-order chi connectivity index (χ0) is 17.6. The molecule has 0 unspecified atom stereocenters. The van der Waals surface area contributed by atoms with Gasteiger partial charge in [0.05, 0.1) is 11.0 Å². The van der Waals surface area contributed by atoms with Gasteiger partial charge in [-0.3, -0.25) is 10.1 Å². The number of hydrogen-bond donors (Lipinski definition) is 1. The van der Waals surface area contributed by atoms with Crippen molar-refractivity contribution in [3.8, 4) is 0 Å². The molecule has 2 aromatic carbocycles. The number of carbonyl (C=O) groups is 1. The molecule has 130 valence electrons. The number of aromatic nitrogens is 2. The van der Waals surface area contributed by atoms with Crippen LogP contribution in [0, 0.1) is 0 Å². The van der Waals surface area contributed by atoms with E-state index in [1.807, 2.05) is 47.9 Å². The van der Waals surface area contributed by atoms with Crippen molar-refractivity contribution in [1.29, 1.82) is 0 Å². The monoisotopic (exact) mass is 401 g/mol. The highest BCUT2D eigenvalue weighted by atomic mass is 79.9. The van der Waals surface area contributed by atoms with Crippen LogP contribution in [0.2, 0.25) is 0 Å². The summed E-state index contributed by atoms with van der Waals surface area (Å²) in [5, 5.41) is 2.94. The predicted octanol–water partition coefficient (Wildman–Crippen LogP) is 4.48. The molecule has 6 heteroatoms. The van der Waals surface area contributed by atoms with Gasteiger partial charge in [0, 0.05) is 29.8 Å². The number of carbonyl (C=O) groups excluding carboxylic acids is 1. The maximum Gasteiger partial charge on any atom is 0.258 e. The molecular weight excluding hydrogens is 382 g/mol. The Bertz CT molecular complexity index is 876. The van der Waals surface area contributed by atoms with E-state index >= 15 is 0 Å². The molecule has 25 heavy (non-hydrogen) atoms. The van der Waals surface area contributed by atoms with Crippen molar-refractivity contribution in [1.82, 2.24) is 9.55 Å². The minimum absolute atomic E-state index is 0.178. The molecule has 1 N–H and O–H groups in total. The number of aryl methyl sites for hydroxylation is 1. The maximum absolute atomic E-state index is 12.6. The van der Waals surface area contributed by atoms with Crippen molar-refractivity contribution >= 4 is 38.8 Å². The number of ether oxygens (including phenoxy) is 1. The molecule has 1 heterocycles. The molecule has 1 aromatic heterocycles. The first-order valence-corrected chi connectivity index (χ1v) is 9.08. The van der Waals surface area contributed by atoms with E-state index in [1.54, 1.807) is 12.1 Å². The number of benzene rings is 2. The van der Waals surface area contributed by atoms with E-state index in [1.165, 1.54) is 0 Å². The summed E-state index contributed by atoms with van der Waals surface area (Å²) in [6.45, 7) is 4.10. The molecule has 0 aliphatic carbocycles. The molecule has 5 nitrogen and oxygen atoms in total. The molecule has 0 aliphatic heterocycles. The molecule has 0 aliphatic rings. The van der Waals surface area contributed by atoms with E-state index < -0.39 is 0 Å². The molecule has 1 amide bonds.